The average Bonchev–Trinajstić information content (AvgIpc) is 2.75. The molecule has 1 aromatic heterocycles. The van der Waals surface area contributed by atoms with Crippen molar-refractivity contribution in [1.29, 1.82) is 5.26 Å². The third kappa shape index (κ3) is 4.36. The predicted octanol–water partition coefficient (Wildman–Crippen LogP) is 3.74. The van der Waals surface area contributed by atoms with Crippen molar-refractivity contribution in [1.82, 2.24) is 4.57 Å². The number of nitriles is 1. The Labute approximate surface area is 169 Å². The smallest absolute Gasteiger partial charge is 0.271 e. The molecule has 0 saturated heterocycles. The Hall–Kier alpha value is -3.85. The van der Waals surface area contributed by atoms with E-state index in [9.17, 15) is 15.2 Å². The molecule has 3 rings (SSSR count). The lowest BCUT2D eigenvalue weighted by molar-refractivity contribution is 0.404. The third-order valence-electron chi connectivity index (χ3n) is 4.73. The van der Waals surface area contributed by atoms with Gasteiger partial charge in [-0.3, -0.25) is 14.4 Å². The van der Waals surface area contributed by atoms with Gasteiger partial charge in [-0.15, -0.1) is 0 Å². The molecule has 0 bridgehead atoms. The zero-order valence-electron chi connectivity index (χ0n) is 16.3. The van der Waals surface area contributed by atoms with Gasteiger partial charge >= 0.3 is 0 Å². The number of hydrogen-bond donors (Lipinski definition) is 1. The van der Waals surface area contributed by atoms with E-state index in [-0.39, 0.29) is 18.0 Å². The Morgan fingerprint density at radius 2 is 1.86 bits per heavy atom. The number of methoxy groups -OCH3 is 1. The van der Waals surface area contributed by atoms with Crippen molar-refractivity contribution in [3.8, 4) is 17.7 Å². The normalized spacial score (nSPS) is 10.8. The van der Waals surface area contributed by atoms with Crippen molar-refractivity contribution in [2.24, 2.45) is 4.99 Å². The first-order valence-electron chi connectivity index (χ1n) is 9.13. The van der Waals surface area contributed by atoms with Gasteiger partial charge in [0.2, 0.25) is 5.88 Å². The van der Waals surface area contributed by atoms with Crippen LogP contribution in [0.5, 0.6) is 11.6 Å². The lowest BCUT2D eigenvalue weighted by Gasteiger charge is -2.14. The zero-order chi connectivity index (χ0) is 20.8. The first kappa shape index (κ1) is 19.9. The van der Waals surface area contributed by atoms with Crippen LogP contribution in [0, 0.1) is 18.3 Å². The molecule has 0 amide bonds. The lowest BCUT2D eigenvalue weighted by Crippen LogP contribution is -2.26. The van der Waals surface area contributed by atoms with E-state index >= 15 is 0 Å². The Morgan fingerprint density at radius 1 is 1.17 bits per heavy atom. The number of aromatic nitrogens is 1. The molecule has 1 N–H and O–H groups in total. The van der Waals surface area contributed by atoms with E-state index in [0.717, 1.165) is 11.3 Å². The van der Waals surface area contributed by atoms with E-state index in [1.165, 1.54) is 10.8 Å². The van der Waals surface area contributed by atoms with Crippen molar-refractivity contribution in [2.75, 3.05) is 7.11 Å². The van der Waals surface area contributed by atoms with Gasteiger partial charge in [0, 0.05) is 12.8 Å². The minimum absolute atomic E-state index is 0.00652. The van der Waals surface area contributed by atoms with Crippen LogP contribution >= 0.6 is 0 Å². The van der Waals surface area contributed by atoms with Gasteiger partial charge in [-0.2, -0.15) is 5.26 Å². The van der Waals surface area contributed by atoms with Gasteiger partial charge in [-0.05, 0) is 48.7 Å². The number of aryl methyl sites for hydroxylation is 1. The van der Waals surface area contributed by atoms with Crippen LogP contribution < -0.4 is 10.3 Å². The molecule has 0 aliphatic rings. The van der Waals surface area contributed by atoms with Crippen molar-refractivity contribution < 1.29 is 9.84 Å². The summed E-state index contributed by atoms with van der Waals surface area (Å²) in [6, 6.07) is 18.7. The van der Waals surface area contributed by atoms with Crippen LogP contribution in [0.4, 0.5) is 5.69 Å². The first-order chi connectivity index (χ1) is 14.0. The van der Waals surface area contributed by atoms with Gasteiger partial charge < -0.3 is 9.84 Å². The third-order valence-corrected chi connectivity index (χ3v) is 4.73. The molecule has 0 spiro atoms. The molecule has 0 aliphatic heterocycles. The highest BCUT2D eigenvalue weighted by Crippen LogP contribution is 2.22. The highest BCUT2D eigenvalue weighted by atomic mass is 16.5. The van der Waals surface area contributed by atoms with E-state index in [2.05, 4.69) is 4.99 Å². The quantitative estimate of drug-likeness (QED) is 0.653. The van der Waals surface area contributed by atoms with Crippen molar-refractivity contribution in [2.45, 2.75) is 19.9 Å². The molecular formula is C23H21N3O3. The SMILES string of the molecule is COc1ccc(CCn2c(O)c(C=Nc3ccccc3)c(C)c(C#N)c2=O)cc1. The highest BCUT2D eigenvalue weighted by molar-refractivity contribution is 5.87. The molecule has 2 aromatic carbocycles. The summed E-state index contributed by atoms with van der Waals surface area (Å²) in [6.07, 6.45) is 2.00. The lowest BCUT2D eigenvalue weighted by atomic mass is 10.1. The van der Waals surface area contributed by atoms with E-state index < -0.39 is 5.56 Å². The maximum Gasteiger partial charge on any atom is 0.271 e. The monoisotopic (exact) mass is 387 g/mol. The molecule has 146 valence electrons. The molecule has 6 nitrogen and oxygen atoms in total. The molecule has 1 heterocycles. The number of pyridine rings is 1. The molecule has 6 heteroatoms. The molecule has 0 radical (unpaired) electrons. The molecular weight excluding hydrogens is 366 g/mol. The summed E-state index contributed by atoms with van der Waals surface area (Å²) in [5.74, 6) is 0.551. The topological polar surface area (TPSA) is 87.6 Å². The Morgan fingerprint density at radius 3 is 2.48 bits per heavy atom. The van der Waals surface area contributed by atoms with Crippen molar-refractivity contribution in [3.05, 3.63) is 87.2 Å². The van der Waals surface area contributed by atoms with Crippen LogP contribution in [0.2, 0.25) is 0 Å². The fourth-order valence-electron chi connectivity index (χ4n) is 3.02. The largest absolute Gasteiger partial charge is 0.497 e. The summed E-state index contributed by atoms with van der Waals surface area (Å²) >= 11 is 0. The molecule has 0 saturated carbocycles. The van der Waals surface area contributed by atoms with Gasteiger partial charge in [-0.1, -0.05) is 30.3 Å². The van der Waals surface area contributed by atoms with Crippen LogP contribution in [0.1, 0.15) is 22.3 Å². The number of aliphatic imine (C=N–C) groups is 1. The summed E-state index contributed by atoms with van der Waals surface area (Å²) in [6.45, 7) is 1.87. The number of rotatable bonds is 6. The van der Waals surface area contributed by atoms with Crippen molar-refractivity contribution >= 4 is 11.9 Å². The summed E-state index contributed by atoms with van der Waals surface area (Å²) in [7, 11) is 1.60. The van der Waals surface area contributed by atoms with Gasteiger partial charge in [-0.25, -0.2) is 0 Å². The summed E-state index contributed by atoms with van der Waals surface area (Å²) < 4.78 is 6.37. The first-order valence-corrected chi connectivity index (χ1v) is 9.13. The van der Waals surface area contributed by atoms with E-state index in [1.54, 1.807) is 14.0 Å². The maximum absolute atomic E-state index is 12.7. The van der Waals surface area contributed by atoms with Gasteiger partial charge in [0.25, 0.3) is 5.56 Å². The second-order valence-corrected chi connectivity index (χ2v) is 6.50. The fourth-order valence-corrected chi connectivity index (χ4v) is 3.02. The zero-order valence-corrected chi connectivity index (χ0v) is 16.3. The Balaban J connectivity index is 1.96. The van der Waals surface area contributed by atoms with Crippen LogP contribution in [-0.4, -0.2) is 23.0 Å². The van der Waals surface area contributed by atoms with E-state index in [4.69, 9.17) is 4.74 Å². The van der Waals surface area contributed by atoms with Crippen LogP contribution in [-0.2, 0) is 13.0 Å². The maximum atomic E-state index is 12.7. The second-order valence-electron chi connectivity index (χ2n) is 6.50. The highest BCUT2D eigenvalue weighted by Gasteiger charge is 2.18. The molecule has 29 heavy (non-hydrogen) atoms. The van der Waals surface area contributed by atoms with Gasteiger partial charge in [0.15, 0.2) is 0 Å². The molecule has 3 aromatic rings. The second kappa shape index (κ2) is 8.89. The minimum Gasteiger partial charge on any atom is -0.497 e. The fraction of sp³-hybridized carbons (Fsp3) is 0.174. The minimum atomic E-state index is -0.507. The van der Waals surface area contributed by atoms with E-state index in [0.29, 0.717) is 23.2 Å². The number of ether oxygens (including phenoxy) is 1. The summed E-state index contributed by atoms with van der Waals surface area (Å²) in [5, 5.41) is 20.2. The van der Waals surface area contributed by atoms with Crippen LogP contribution in [0.15, 0.2) is 64.4 Å². The summed E-state index contributed by atoms with van der Waals surface area (Å²) in [4.78, 5) is 17.1. The number of nitrogens with zero attached hydrogens (tertiary/aromatic N) is 3. The van der Waals surface area contributed by atoms with Gasteiger partial charge in [0.1, 0.15) is 17.4 Å². The van der Waals surface area contributed by atoms with Crippen molar-refractivity contribution in [3.63, 3.8) is 0 Å². The van der Waals surface area contributed by atoms with E-state index in [1.807, 2.05) is 60.7 Å². The van der Waals surface area contributed by atoms with Gasteiger partial charge in [0.05, 0.1) is 18.4 Å². The Bertz CT molecular complexity index is 1130. The number of para-hydroxylation sites is 1. The molecule has 0 aliphatic carbocycles. The number of aromatic hydroxyl groups is 1. The summed E-state index contributed by atoms with van der Waals surface area (Å²) in [5.41, 5.74) is 1.96. The molecule has 0 unspecified atom stereocenters. The number of hydrogen-bond acceptors (Lipinski definition) is 5. The van der Waals surface area contributed by atoms with Crippen LogP contribution in [0.3, 0.4) is 0 Å². The molecule has 0 atom stereocenters. The average molecular weight is 387 g/mol. The Kier molecular flexibility index (Phi) is 6.10. The standard InChI is InChI=1S/C23H21N3O3/c1-16-20(14-24)22(27)26(13-12-17-8-10-19(29-2)11-9-17)23(28)21(16)15-25-18-6-4-3-5-7-18/h3-11,15,28H,12-13H2,1-2H3. The molecule has 0 fully saturated rings. The van der Waals surface area contributed by atoms with Crippen LogP contribution in [0.25, 0.3) is 0 Å². The number of benzene rings is 2. The predicted molar refractivity (Wildman–Crippen MR) is 112 cm³/mol.